The molecule has 0 spiro atoms. The second-order valence-electron chi connectivity index (χ2n) is 4.01. The molecule has 104 valence electrons. The molecule has 1 heterocycles. The summed E-state index contributed by atoms with van der Waals surface area (Å²) in [7, 11) is 1.43. The Morgan fingerprint density at radius 3 is 2.45 bits per heavy atom. The fourth-order valence-electron chi connectivity index (χ4n) is 1.72. The molecule has 2 rings (SSSR count). The molecular weight excluding hydrogens is 271 g/mol. The first-order chi connectivity index (χ1) is 9.45. The first-order valence-electron chi connectivity index (χ1n) is 5.62. The predicted octanol–water partition coefficient (Wildman–Crippen LogP) is 3.59. The predicted molar refractivity (Wildman–Crippen MR) is 66.6 cm³/mol. The minimum Gasteiger partial charge on any atom is -0.496 e. The number of halogens is 3. The van der Waals surface area contributed by atoms with Gasteiger partial charge < -0.3 is 4.74 Å². The van der Waals surface area contributed by atoms with Crippen molar-refractivity contribution in [3.8, 4) is 17.0 Å². The Bertz CT molecular complexity index is 621. The number of alkyl halides is 3. The highest BCUT2D eigenvalue weighted by atomic mass is 19.4. The highest BCUT2D eigenvalue weighted by Gasteiger charge is 2.30. The Balaban J connectivity index is 2.48. The number of hydrogen-bond donors (Lipinski definition) is 0. The average Bonchev–Trinajstić information content (AvgIpc) is 2.45. The van der Waals surface area contributed by atoms with E-state index in [0.717, 1.165) is 12.3 Å². The summed E-state index contributed by atoms with van der Waals surface area (Å²) in [6, 6.07) is 6.82. The number of hydrogen-bond acceptors (Lipinski definition) is 3. The molecular formula is C14H10F3NO2. The van der Waals surface area contributed by atoms with Crippen molar-refractivity contribution in [2.45, 2.75) is 6.18 Å². The number of rotatable bonds is 3. The van der Waals surface area contributed by atoms with E-state index in [2.05, 4.69) is 4.98 Å². The molecule has 1 aromatic carbocycles. The first-order valence-corrected chi connectivity index (χ1v) is 5.62. The third-order valence-corrected chi connectivity index (χ3v) is 2.73. The Kier molecular flexibility index (Phi) is 3.74. The first kappa shape index (κ1) is 14.0. The second-order valence-corrected chi connectivity index (χ2v) is 4.01. The zero-order valence-corrected chi connectivity index (χ0v) is 10.4. The number of ether oxygens (including phenoxy) is 1. The molecule has 0 aliphatic rings. The van der Waals surface area contributed by atoms with Crippen molar-refractivity contribution in [1.82, 2.24) is 4.98 Å². The number of carbonyl (C=O) groups excluding carboxylic acids is 1. The number of nitrogens with zero attached hydrogens (tertiary/aromatic N) is 1. The van der Waals surface area contributed by atoms with Crippen LogP contribution in [0, 0.1) is 0 Å². The normalized spacial score (nSPS) is 11.2. The van der Waals surface area contributed by atoms with Crippen LogP contribution in [-0.2, 0) is 6.18 Å². The van der Waals surface area contributed by atoms with Crippen LogP contribution >= 0.6 is 0 Å². The summed E-state index contributed by atoms with van der Waals surface area (Å²) in [5, 5.41) is 0. The summed E-state index contributed by atoms with van der Waals surface area (Å²) in [6.45, 7) is 0. The van der Waals surface area contributed by atoms with Crippen molar-refractivity contribution in [1.29, 1.82) is 0 Å². The van der Waals surface area contributed by atoms with Gasteiger partial charge in [-0.05, 0) is 30.3 Å². The maximum Gasteiger partial charge on any atom is 0.417 e. The zero-order chi connectivity index (χ0) is 14.8. The van der Waals surface area contributed by atoms with Crippen molar-refractivity contribution in [2.75, 3.05) is 7.11 Å². The largest absolute Gasteiger partial charge is 0.496 e. The number of methoxy groups -OCH3 is 1. The van der Waals surface area contributed by atoms with Gasteiger partial charge in [-0.25, -0.2) is 0 Å². The highest BCUT2D eigenvalue weighted by molar-refractivity contribution is 5.80. The molecule has 0 aliphatic heterocycles. The molecule has 0 saturated heterocycles. The summed E-state index contributed by atoms with van der Waals surface area (Å²) in [6.07, 6.45) is -3.03. The van der Waals surface area contributed by atoms with Crippen molar-refractivity contribution < 1.29 is 22.7 Å². The lowest BCUT2D eigenvalue weighted by atomic mass is 10.1. The average molecular weight is 281 g/mol. The van der Waals surface area contributed by atoms with Gasteiger partial charge in [0.1, 0.15) is 12.0 Å². The van der Waals surface area contributed by atoms with Crippen molar-refractivity contribution in [2.24, 2.45) is 0 Å². The molecule has 0 N–H and O–H groups in total. The van der Waals surface area contributed by atoms with Crippen LogP contribution in [0.4, 0.5) is 13.2 Å². The zero-order valence-electron chi connectivity index (χ0n) is 10.4. The van der Waals surface area contributed by atoms with Gasteiger partial charge in [-0.3, -0.25) is 9.78 Å². The molecule has 1 aromatic heterocycles. The van der Waals surface area contributed by atoms with Gasteiger partial charge in [0.05, 0.1) is 18.4 Å². The van der Waals surface area contributed by atoms with E-state index in [1.807, 2.05) is 0 Å². The minimum absolute atomic E-state index is 0.304. The van der Waals surface area contributed by atoms with E-state index in [4.69, 9.17) is 4.74 Å². The van der Waals surface area contributed by atoms with Gasteiger partial charge in [0.25, 0.3) is 0 Å². The molecule has 0 bridgehead atoms. The number of carbonyl (C=O) groups is 1. The Labute approximate surface area is 113 Å². The van der Waals surface area contributed by atoms with Crippen molar-refractivity contribution >= 4 is 6.29 Å². The Morgan fingerprint density at radius 1 is 1.20 bits per heavy atom. The molecule has 20 heavy (non-hydrogen) atoms. The van der Waals surface area contributed by atoms with Gasteiger partial charge in [-0.2, -0.15) is 13.2 Å². The van der Waals surface area contributed by atoms with Crippen LogP contribution in [0.25, 0.3) is 11.3 Å². The maximum absolute atomic E-state index is 12.5. The van der Waals surface area contributed by atoms with Crippen LogP contribution in [0.3, 0.4) is 0 Å². The lowest BCUT2D eigenvalue weighted by Crippen LogP contribution is -2.05. The minimum atomic E-state index is -4.43. The van der Waals surface area contributed by atoms with Gasteiger partial charge in [-0.1, -0.05) is 0 Å². The second kappa shape index (κ2) is 5.32. The molecule has 2 aromatic rings. The highest BCUT2D eigenvalue weighted by Crippen LogP contribution is 2.32. The van der Waals surface area contributed by atoms with Gasteiger partial charge in [0.15, 0.2) is 0 Å². The Hall–Kier alpha value is -2.37. The molecule has 0 unspecified atom stereocenters. The van der Waals surface area contributed by atoms with Crippen LogP contribution < -0.4 is 4.74 Å². The quantitative estimate of drug-likeness (QED) is 0.807. The fourth-order valence-corrected chi connectivity index (χ4v) is 1.72. The molecule has 3 nitrogen and oxygen atoms in total. The van der Waals surface area contributed by atoms with E-state index < -0.39 is 11.7 Å². The topological polar surface area (TPSA) is 39.2 Å². The van der Waals surface area contributed by atoms with Gasteiger partial charge in [-0.15, -0.1) is 0 Å². The standard InChI is InChI=1S/C14H10F3NO2/c1-20-13-5-2-9(8-19)6-11(13)12-4-3-10(7-18-12)14(15,16)17/h2-8H,1H3. The molecule has 0 amide bonds. The summed E-state index contributed by atoms with van der Waals surface area (Å²) in [4.78, 5) is 14.5. The van der Waals surface area contributed by atoms with Crippen LogP contribution in [0.15, 0.2) is 36.5 Å². The number of benzene rings is 1. The van der Waals surface area contributed by atoms with E-state index in [9.17, 15) is 18.0 Å². The lowest BCUT2D eigenvalue weighted by Gasteiger charge is -2.10. The third kappa shape index (κ3) is 2.79. The van der Waals surface area contributed by atoms with E-state index in [1.54, 1.807) is 12.1 Å². The van der Waals surface area contributed by atoms with Gasteiger partial charge in [0.2, 0.25) is 0 Å². The summed E-state index contributed by atoms with van der Waals surface area (Å²) in [5.41, 5.74) is 0.332. The molecule has 0 saturated carbocycles. The smallest absolute Gasteiger partial charge is 0.417 e. The van der Waals surface area contributed by atoms with Crippen molar-refractivity contribution in [3.05, 3.63) is 47.7 Å². The fraction of sp³-hybridized carbons (Fsp3) is 0.143. The van der Waals surface area contributed by atoms with E-state index in [-0.39, 0.29) is 0 Å². The monoisotopic (exact) mass is 281 g/mol. The van der Waals surface area contributed by atoms with Crippen LogP contribution in [0.5, 0.6) is 5.75 Å². The Morgan fingerprint density at radius 2 is 1.95 bits per heavy atom. The molecule has 0 aliphatic carbocycles. The lowest BCUT2D eigenvalue weighted by molar-refractivity contribution is -0.137. The number of pyridine rings is 1. The number of aldehydes is 1. The summed E-state index contributed by atoms with van der Waals surface area (Å²) < 4.78 is 42.5. The van der Waals surface area contributed by atoms with Gasteiger partial charge >= 0.3 is 6.18 Å². The molecule has 0 radical (unpaired) electrons. The van der Waals surface area contributed by atoms with Crippen LogP contribution in [0.2, 0.25) is 0 Å². The van der Waals surface area contributed by atoms with E-state index in [0.29, 0.717) is 28.9 Å². The van der Waals surface area contributed by atoms with E-state index in [1.165, 1.54) is 19.2 Å². The van der Waals surface area contributed by atoms with Crippen molar-refractivity contribution in [3.63, 3.8) is 0 Å². The van der Waals surface area contributed by atoms with Crippen LogP contribution in [0.1, 0.15) is 15.9 Å². The maximum atomic E-state index is 12.5. The third-order valence-electron chi connectivity index (χ3n) is 2.73. The van der Waals surface area contributed by atoms with Gasteiger partial charge in [0, 0.05) is 17.3 Å². The SMILES string of the molecule is COc1ccc(C=O)cc1-c1ccc(C(F)(F)F)cn1. The van der Waals surface area contributed by atoms with Crippen LogP contribution in [-0.4, -0.2) is 18.4 Å². The number of aromatic nitrogens is 1. The summed E-state index contributed by atoms with van der Waals surface area (Å²) >= 11 is 0. The van der Waals surface area contributed by atoms with E-state index >= 15 is 0 Å². The summed E-state index contributed by atoms with van der Waals surface area (Å²) in [5.74, 6) is 0.433. The molecule has 6 heteroatoms. The molecule has 0 atom stereocenters. The molecule has 0 fully saturated rings.